The molecule has 7 heteroatoms. The van der Waals surface area contributed by atoms with Crippen molar-refractivity contribution in [2.24, 2.45) is 0 Å². The maximum absolute atomic E-state index is 12.1. The normalized spacial score (nSPS) is 10.4. The minimum Gasteiger partial charge on any atom is -0.462 e. The van der Waals surface area contributed by atoms with E-state index in [2.05, 4.69) is 5.32 Å². The van der Waals surface area contributed by atoms with Gasteiger partial charge in [-0.1, -0.05) is 11.6 Å². The second-order valence-electron chi connectivity index (χ2n) is 4.63. The van der Waals surface area contributed by atoms with Gasteiger partial charge in [0.15, 0.2) is 0 Å². The van der Waals surface area contributed by atoms with Crippen LogP contribution in [-0.4, -0.2) is 24.2 Å². The number of benzene rings is 1. The first-order valence-corrected chi connectivity index (χ1v) is 9.19. The van der Waals surface area contributed by atoms with Crippen molar-refractivity contribution in [3.8, 4) is 0 Å². The molecule has 1 heterocycles. The summed E-state index contributed by atoms with van der Waals surface area (Å²) >= 11 is 8.55. The molecule has 1 amide bonds. The molecule has 2 rings (SSSR count). The second-order valence-corrected chi connectivity index (χ2v) is 7.00. The minimum atomic E-state index is -0.410. The number of hydrogen-bond acceptors (Lipinski definition) is 5. The van der Waals surface area contributed by atoms with Gasteiger partial charge in [0.2, 0.25) is 5.91 Å². The van der Waals surface area contributed by atoms with E-state index in [1.807, 2.05) is 24.4 Å². The number of amides is 1. The molecule has 0 radical (unpaired) electrons. The fraction of sp³-hybridized carbons (Fsp3) is 0.250. The number of esters is 1. The van der Waals surface area contributed by atoms with Gasteiger partial charge in [-0.25, -0.2) is 4.79 Å². The number of aryl methyl sites for hydroxylation is 1. The van der Waals surface area contributed by atoms with Crippen molar-refractivity contribution in [2.45, 2.75) is 18.7 Å². The Bertz CT molecular complexity index is 698. The van der Waals surface area contributed by atoms with Crippen LogP contribution in [0.2, 0.25) is 5.02 Å². The summed E-state index contributed by atoms with van der Waals surface area (Å²) in [5.74, 6) is -0.329. The molecule has 0 fully saturated rings. The first kappa shape index (κ1) is 17.8. The third-order valence-corrected chi connectivity index (χ3v) is 5.17. The molecular formula is C16H16ClNO3S2. The molecule has 0 saturated heterocycles. The smallest absolute Gasteiger partial charge is 0.341 e. The highest BCUT2D eigenvalue weighted by molar-refractivity contribution is 8.00. The summed E-state index contributed by atoms with van der Waals surface area (Å²) < 4.78 is 5.03. The van der Waals surface area contributed by atoms with E-state index in [9.17, 15) is 9.59 Å². The Morgan fingerprint density at radius 1 is 1.30 bits per heavy atom. The van der Waals surface area contributed by atoms with Crippen LogP contribution in [0.5, 0.6) is 0 Å². The highest BCUT2D eigenvalue weighted by atomic mass is 35.5. The number of hydrogen-bond donors (Lipinski definition) is 1. The standard InChI is InChI=1S/C16H16ClNO3S2/c1-3-21-16(20)14-10(2)8-23-15(14)18-13(19)9-22-12-6-4-11(17)5-7-12/h4-8H,3,9H2,1-2H3,(H,18,19). The first-order chi connectivity index (χ1) is 11.0. The van der Waals surface area contributed by atoms with E-state index in [1.165, 1.54) is 23.1 Å². The van der Waals surface area contributed by atoms with Gasteiger partial charge >= 0.3 is 5.97 Å². The molecule has 4 nitrogen and oxygen atoms in total. The van der Waals surface area contributed by atoms with Crippen LogP contribution < -0.4 is 5.32 Å². The number of carbonyl (C=O) groups excluding carboxylic acids is 2. The van der Waals surface area contributed by atoms with Crippen LogP contribution >= 0.6 is 34.7 Å². The lowest BCUT2D eigenvalue weighted by Crippen LogP contribution is -2.16. The molecule has 0 aliphatic rings. The van der Waals surface area contributed by atoms with Crippen LogP contribution in [0.1, 0.15) is 22.8 Å². The summed E-state index contributed by atoms with van der Waals surface area (Å²) in [5, 5.41) is 5.80. The Labute approximate surface area is 148 Å². The maximum Gasteiger partial charge on any atom is 0.341 e. The van der Waals surface area contributed by atoms with E-state index in [4.69, 9.17) is 16.3 Å². The summed E-state index contributed by atoms with van der Waals surface area (Å²) in [5.41, 5.74) is 1.23. The lowest BCUT2D eigenvalue weighted by atomic mass is 10.2. The molecule has 122 valence electrons. The van der Waals surface area contributed by atoms with Crippen LogP contribution in [0.15, 0.2) is 34.5 Å². The highest BCUT2D eigenvalue weighted by Crippen LogP contribution is 2.29. The maximum atomic E-state index is 12.1. The number of thioether (sulfide) groups is 1. The van der Waals surface area contributed by atoms with E-state index in [1.54, 1.807) is 19.1 Å². The molecule has 0 aliphatic heterocycles. The van der Waals surface area contributed by atoms with E-state index in [0.29, 0.717) is 22.2 Å². The first-order valence-electron chi connectivity index (χ1n) is 6.94. The Kier molecular flexibility index (Phi) is 6.50. The number of halogens is 1. The van der Waals surface area contributed by atoms with Gasteiger partial charge in [-0.15, -0.1) is 23.1 Å². The van der Waals surface area contributed by atoms with E-state index in [-0.39, 0.29) is 11.7 Å². The number of carbonyl (C=O) groups is 2. The van der Waals surface area contributed by atoms with Crippen LogP contribution in [0.25, 0.3) is 0 Å². The quantitative estimate of drug-likeness (QED) is 0.596. The van der Waals surface area contributed by atoms with Crippen LogP contribution in [-0.2, 0) is 9.53 Å². The summed E-state index contributed by atoms with van der Waals surface area (Å²) in [7, 11) is 0. The van der Waals surface area contributed by atoms with Crippen LogP contribution in [0.3, 0.4) is 0 Å². The zero-order valence-electron chi connectivity index (χ0n) is 12.7. The summed E-state index contributed by atoms with van der Waals surface area (Å²) in [6.45, 7) is 3.87. The van der Waals surface area contributed by atoms with Gasteiger partial charge in [-0.3, -0.25) is 4.79 Å². The zero-order chi connectivity index (χ0) is 16.8. The monoisotopic (exact) mass is 369 g/mol. The Hall–Kier alpha value is -1.50. The predicted octanol–water partition coefficient (Wildman–Crippen LogP) is 4.62. The largest absolute Gasteiger partial charge is 0.462 e. The molecule has 0 unspecified atom stereocenters. The van der Waals surface area contributed by atoms with Gasteiger partial charge in [0.1, 0.15) is 5.00 Å². The Morgan fingerprint density at radius 2 is 2.00 bits per heavy atom. The van der Waals surface area contributed by atoms with Crippen molar-refractivity contribution in [2.75, 3.05) is 17.7 Å². The SMILES string of the molecule is CCOC(=O)c1c(C)csc1NC(=O)CSc1ccc(Cl)cc1. The van der Waals surface area contributed by atoms with Gasteiger partial charge in [0.05, 0.1) is 17.9 Å². The molecule has 0 bridgehead atoms. The molecule has 2 aromatic rings. The van der Waals surface area contributed by atoms with Gasteiger partial charge in [0, 0.05) is 9.92 Å². The molecule has 0 spiro atoms. The lowest BCUT2D eigenvalue weighted by molar-refractivity contribution is -0.113. The third-order valence-electron chi connectivity index (χ3n) is 2.89. The molecule has 0 aliphatic carbocycles. The van der Waals surface area contributed by atoms with Crippen molar-refractivity contribution >= 4 is 51.6 Å². The molecular weight excluding hydrogens is 354 g/mol. The number of thiophene rings is 1. The van der Waals surface area contributed by atoms with Gasteiger partial charge in [-0.2, -0.15) is 0 Å². The van der Waals surface area contributed by atoms with Crippen molar-refractivity contribution in [3.63, 3.8) is 0 Å². The van der Waals surface area contributed by atoms with Gasteiger partial charge < -0.3 is 10.1 Å². The van der Waals surface area contributed by atoms with Crippen LogP contribution in [0.4, 0.5) is 5.00 Å². The fourth-order valence-corrected chi connectivity index (χ4v) is 3.61. The molecule has 1 aromatic heterocycles. The van der Waals surface area contributed by atoms with E-state index < -0.39 is 5.97 Å². The van der Waals surface area contributed by atoms with E-state index in [0.717, 1.165) is 10.5 Å². The lowest BCUT2D eigenvalue weighted by Gasteiger charge is -2.07. The molecule has 1 N–H and O–H groups in total. The minimum absolute atomic E-state index is 0.169. The summed E-state index contributed by atoms with van der Waals surface area (Å²) in [6, 6.07) is 7.28. The van der Waals surface area contributed by atoms with Gasteiger partial charge in [-0.05, 0) is 49.1 Å². The third kappa shape index (κ3) is 4.99. The van der Waals surface area contributed by atoms with Gasteiger partial charge in [0.25, 0.3) is 0 Å². The highest BCUT2D eigenvalue weighted by Gasteiger charge is 2.19. The van der Waals surface area contributed by atoms with Crippen LogP contribution in [0, 0.1) is 6.92 Å². The molecule has 0 saturated carbocycles. The number of rotatable bonds is 6. The van der Waals surface area contributed by atoms with E-state index >= 15 is 0 Å². The zero-order valence-corrected chi connectivity index (χ0v) is 15.1. The molecule has 0 atom stereocenters. The summed E-state index contributed by atoms with van der Waals surface area (Å²) in [4.78, 5) is 25.0. The number of ether oxygens (including phenoxy) is 1. The number of anilines is 1. The summed E-state index contributed by atoms with van der Waals surface area (Å²) in [6.07, 6.45) is 0. The van der Waals surface area contributed by atoms with Crippen molar-refractivity contribution in [3.05, 3.63) is 45.8 Å². The average Bonchev–Trinajstić information content (AvgIpc) is 2.87. The second kappa shape index (κ2) is 8.38. The Morgan fingerprint density at radius 3 is 2.65 bits per heavy atom. The van der Waals surface area contributed by atoms with Crippen molar-refractivity contribution < 1.29 is 14.3 Å². The number of nitrogens with one attached hydrogen (secondary N) is 1. The molecule has 23 heavy (non-hydrogen) atoms. The average molecular weight is 370 g/mol. The fourth-order valence-electron chi connectivity index (χ4n) is 1.84. The van der Waals surface area contributed by atoms with Crippen molar-refractivity contribution in [1.82, 2.24) is 0 Å². The van der Waals surface area contributed by atoms with Crippen molar-refractivity contribution in [1.29, 1.82) is 0 Å². The Balaban J connectivity index is 1.97. The molecule has 1 aromatic carbocycles. The topological polar surface area (TPSA) is 55.4 Å². The predicted molar refractivity (Wildman–Crippen MR) is 95.8 cm³/mol.